The summed E-state index contributed by atoms with van der Waals surface area (Å²) >= 11 is 0. The minimum absolute atomic E-state index is 0.315. The molecule has 1 aromatic rings. The van der Waals surface area contributed by atoms with Crippen LogP contribution in [0.25, 0.3) is 0 Å². The first kappa shape index (κ1) is 8.50. The van der Waals surface area contributed by atoms with Crippen LogP contribution in [0.4, 0.5) is 13.2 Å². The number of carbonyl (C=O) groups is 1. The van der Waals surface area contributed by atoms with Gasteiger partial charge in [0.05, 0.1) is 12.4 Å². The van der Waals surface area contributed by atoms with E-state index >= 15 is 0 Å². The molecule has 0 unspecified atom stereocenters. The van der Waals surface area contributed by atoms with E-state index < -0.39 is 12.1 Å². The molecule has 0 saturated carbocycles. The van der Waals surface area contributed by atoms with Crippen molar-refractivity contribution in [2.75, 3.05) is 0 Å². The minimum atomic E-state index is -5.02. The molecule has 12 heavy (non-hydrogen) atoms. The molecule has 0 amide bonds. The molecular weight excluding hydrogens is 179 g/mol. The standard InChI is InChI=1S/C4H2F3N3O2/c5-4(6,7)3(11)12-10-2-1-8-9-10/h1-2H. The molecule has 0 saturated heterocycles. The van der Waals surface area contributed by atoms with Gasteiger partial charge < -0.3 is 4.84 Å². The Kier molecular flexibility index (Phi) is 1.98. The number of rotatable bonds is 1. The Balaban J connectivity index is 2.60. The topological polar surface area (TPSA) is 57.0 Å². The van der Waals surface area contributed by atoms with Crippen LogP contribution in [-0.4, -0.2) is 27.3 Å². The van der Waals surface area contributed by atoms with Crippen LogP contribution in [-0.2, 0) is 4.79 Å². The number of aromatic nitrogens is 3. The highest BCUT2D eigenvalue weighted by Crippen LogP contribution is 2.14. The second-order valence-electron chi connectivity index (χ2n) is 1.68. The highest BCUT2D eigenvalue weighted by atomic mass is 19.4. The van der Waals surface area contributed by atoms with Crippen molar-refractivity contribution in [3.8, 4) is 0 Å². The van der Waals surface area contributed by atoms with Crippen molar-refractivity contribution >= 4 is 5.97 Å². The van der Waals surface area contributed by atoms with E-state index in [0.717, 1.165) is 12.4 Å². The van der Waals surface area contributed by atoms with Crippen molar-refractivity contribution in [2.45, 2.75) is 6.18 Å². The monoisotopic (exact) mass is 181 g/mol. The van der Waals surface area contributed by atoms with Gasteiger partial charge in [-0.3, -0.25) is 0 Å². The van der Waals surface area contributed by atoms with Crippen molar-refractivity contribution in [3.63, 3.8) is 0 Å². The van der Waals surface area contributed by atoms with Gasteiger partial charge in [0.1, 0.15) is 0 Å². The fourth-order valence-electron chi connectivity index (χ4n) is 0.383. The van der Waals surface area contributed by atoms with Gasteiger partial charge in [-0.1, -0.05) is 4.85 Å². The van der Waals surface area contributed by atoms with Crippen molar-refractivity contribution in [1.29, 1.82) is 0 Å². The SMILES string of the molecule is O=C(On1ccnn1)C(F)(F)F. The quantitative estimate of drug-likeness (QED) is 0.562. The first-order valence-electron chi connectivity index (χ1n) is 2.66. The maximum atomic E-state index is 11.5. The lowest BCUT2D eigenvalue weighted by atomic mass is 10.7. The van der Waals surface area contributed by atoms with Crippen LogP contribution in [0.15, 0.2) is 12.4 Å². The number of halogens is 3. The average molecular weight is 181 g/mol. The molecule has 0 aliphatic heterocycles. The number of alkyl halides is 3. The Morgan fingerprint density at radius 3 is 2.58 bits per heavy atom. The lowest BCUT2D eigenvalue weighted by Crippen LogP contribution is -2.33. The van der Waals surface area contributed by atoms with Gasteiger partial charge in [-0.25, -0.2) is 4.79 Å². The van der Waals surface area contributed by atoms with E-state index in [1.807, 2.05) is 0 Å². The lowest BCUT2D eigenvalue weighted by Gasteiger charge is -2.03. The highest BCUT2D eigenvalue weighted by molar-refractivity contribution is 5.75. The molecule has 66 valence electrons. The Bertz CT molecular complexity index is 268. The second kappa shape index (κ2) is 2.80. The largest absolute Gasteiger partial charge is 0.493 e. The summed E-state index contributed by atoms with van der Waals surface area (Å²) in [7, 11) is 0. The third kappa shape index (κ3) is 1.94. The van der Waals surface area contributed by atoms with Crippen molar-refractivity contribution < 1.29 is 22.8 Å². The molecule has 0 N–H and O–H groups in total. The van der Waals surface area contributed by atoms with E-state index in [-0.39, 0.29) is 0 Å². The van der Waals surface area contributed by atoms with Crippen molar-refractivity contribution in [3.05, 3.63) is 12.4 Å². The van der Waals surface area contributed by atoms with E-state index in [1.54, 1.807) is 0 Å². The van der Waals surface area contributed by atoms with Gasteiger partial charge in [-0.15, -0.1) is 5.10 Å². The molecule has 0 aromatic carbocycles. The normalized spacial score (nSPS) is 11.2. The lowest BCUT2D eigenvalue weighted by molar-refractivity contribution is -0.201. The van der Waals surface area contributed by atoms with Gasteiger partial charge in [0, 0.05) is 0 Å². The van der Waals surface area contributed by atoms with Gasteiger partial charge in [0.25, 0.3) is 0 Å². The maximum Gasteiger partial charge on any atom is 0.493 e. The summed E-state index contributed by atoms with van der Waals surface area (Å²) < 4.78 is 34.5. The van der Waals surface area contributed by atoms with E-state index in [4.69, 9.17) is 0 Å². The first-order valence-corrected chi connectivity index (χ1v) is 2.66. The molecule has 0 spiro atoms. The van der Waals surface area contributed by atoms with E-state index in [1.165, 1.54) is 0 Å². The van der Waals surface area contributed by atoms with Crippen molar-refractivity contribution in [2.24, 2.45) is 0 Å². The number of hydrogen-bond donors (Lipinski definition) is 0. The number of nitrogens with zero attached hydrogens (tertiary/aromatic N) is 3. The van der Waals surface area contributed by atoms with Gasteiger partial charge in [-0.05, 0) is 5.21 Å². The highest BCUT2D eigenvalue weighted by Gasteiger charge is 2.42. The third-order valence-electron chi connectivity index (χ3n) is 0.809. The van der Waals surface area contributed by atoms with Crippen LogP contribution in [0.5, 0.6) is 0 Å². The summed E-state index contributed by atoms with van der Waals surface area (Å²) in [6.45, 7) is 0. The van der Waals surface area contributed by atoms with Crippen LogP contribution in [0.3, 0.4) is 0 Å². The fraction of sp³-hybridized carbons (Fsp3) is 0.250. The molecule has 5 nitrogen and oxygen atoms in total. The zero-order chi connectivity index (χ0) is 9.19. The Labute approximate surface area is 63.7 Å². The summed E-state index contributed by atoms with van der Waals surface area (Å²) in [5, 5.41) is 6.12. The molecule has 0 atom stereocenters. The fourth-order valence-corrected chi connectivity index (χ4v) is 0.383. The predicted octanol–water partition coefficient (Wildman–Crippen LogP) is -0.204. The van der Waals surface area contributed by atoms with Gasteiger partial charge in [-0.2, -0.15) is 13.2 Å². The smallest absolute Gasteiger partial charge is 0.308 e. The van der Waals surface area contributed by atoms with Crippen LogP contribution in [0, 0.1) is 0 Å². The van der Waals surface area contributed by atoms with E-state index in [9.17, 15) is 18.0 Å². The molecule has 0 aliphatic rings. The molecule has 1 rings (SSSR count). The Morgan fingerprint density at radius 2 is 2.17 bits per heavy atom. The third-order valence-corrected chi connectivity index (χ3v) is 0.809. The summed E-state index contributed by atoms with van der Waals surface area (Å²) in [5.74, 6) is -2.34. The Hall–Kier alpha value is -1.60. The van der Waals surface area contributed by atoms with Crippen LogP contribution in [0.1, 0.15) is 0 Å². The zero-order valence-corrected chi connectivity index (χ0v) is 5.45. The maximum absolute atomic E-state index is 11.5. The average Bonchev–Trinajstić information content (AvgIpc) is 2.37. The van der Waals surface area contributed by atoms with Crippen molar-refractivity contribution in [1.82, 2.24) is 15.2 Å². The van der Waals surface area contributed by atoms with Gasteiger partial charge in [0.2, 0.25) is 0 Å². The van der Waals surface area contributed by atoms with Crippen LogP contribution in [0.2, 0.25) is 0 Å². The predicted molar refractivity (Wildman–Crippen MR) is 27.7 cm³/mol. The second-order valence-corrected chi connectivity index (χ2v) is 1.68. The number of hydrogen-bond acceptors (Lipinski definition) is 4. The molecule has 0 fully saturated rings. The van der Waals surface area contributed by atoms with Gasteiger partial charge in [0.15, 0.2) is 0 Å². The van der Waals surface area contributed by atoms with Gasteiger partial charge >= 0.3 is 12.1 Å². The zero-order valence-electron chi connectivity index (χ0n) is 5.45. The summed E-state index contributed by atoms with van der Waals surface area (Å²) in [5.41, 5.74) is 0. The van der Waals surface area contributed by atoms with E-state index in [2.05, 4.69) is 15.1 Å². The summed E-state index contributed by atoms with van der Waals surface area (Å²) in [6.07, 6.45) is -2.99. The molecule has 1 heterocycles. The van der Waals surface area contributed by atoms with Crippen LogP contribution < -0.4 is 4.84 Å². The van der Waals surface area contributed by atoms with E-state index in [0.29, 0.717) is 4.85 Å². The molecule has 0 radical (unpaired) electrons. The van der Waals surface area contributed by atoms with Crippen LogP contribution >= 0.6 is 0 Å². The molecule has 0 bridgehead atoms. The first-order chi connectivity index (χ1) is 5.50. The Morgan fingerprint density at radius 1 is 1.50 bits per heavy atom. The molecular formula is C4H2F3N3O2. The summed E-state index contributed by atoms with van der Waals surface area (Å²) in [6, 6.07) is 0. The minimum Gasteiger partial charge on any atom is -0.308 e. The molecule has 0 aliphatic carbocycles. The summed E-state index contributed by atoms with van der Waals surface area (Å²) in [4.78, 5) is 14.1. The molecule has 1 aromatic heterocycles. The molecule has 8 heteroatoms. The number of carbonyl (C=O) groups excluding carboxylic acids is 1.